The Balaban J connectivity index is 2.53. The molecule has 0 spiro atoms. The van der Waals surface area contributed by atoms with E-state index in [-0.39, 0.29) is 5.56 Å². The van der Waals surface area contributed by atoms with Crippen LogP contribution < -0.4 is 5.56 Å². The summed E-state index contributed by atoms with van der Waals surface area (Å²) in [5, 5.41) is 11.7. The normalized spacial score (nSPS) is 12.3. The summed E-state index contributed by atoms with van der Waals surface area (Å²) in [6, 6.07) is 12.4. The Morgan fingerprint density at radius 2 is 1.71 bits per heavy atom. The zero-order valence-corrected chi connectivity index (χ0v) is 17.2. The average molecular weight is 418 g/mol. The van der Waals surface area contributed by atoms with Gasteiger partial charge in [-0.05, 0) is 49.2 Å². The van der Waals surface area contributed by atoms with E-state index in [2.05, 4.69) is 0 Å². The van der Waals surface area contributed by atoms with Crippen LogP contribution in [0.5, 0.6) is 0 Å². The molecule has 0 fully saturated rings. The summed E-state index contributed by atoms with van der Waals surface area (Å²) in [7, 11) is 0. The first kappa shape index (κ1) is 20.4. The quantitative estimate of drug-likeness (QED) is 0.537. The van der Waals surface area contributed by atoms with Crippen molar-refractivity contribution in [2.45, 2.75) is 39.2 Å². The van der Waals surface area contributed by atoms with Crippen molar-refractivity contribution in [3.63, 3.8) is 0 Å². The van der Waals surface area contributed by atoms with E-state index in [0.717, 1.165) is 16.5 Å². The SMILES string of the molecule is CCCC(C(=O)O)c1c(-c2ccc(Cl)cc2)c2cc(Cl)ccc2n(CC)c1=O. The Hall–Kier alpha value is -2.30. The number of benzene rings is 2. The lowest BCUT2D eigenvalue weighted by molar-refractivity contribution is -0.139. The number of carbonyl (C=O) groups is 1. The van der Waals surface area contributed by atoms with Crippen LogP contribution in [-0.4, -0.2) is 15.6 Å². The lowest BCUT2D eigenvalue weighted by Gasteiger charge is -2.21. The molecule has 2 aromatic carbocycles. The molecule has 28 heavy (non-hydrogen) atoms. The summed E-state index contributed by atoms with van der Waals surface area (Å²) in [6.45, 7) is 4.22. The van der Waals surface area contributed by atoms with Crippen molar-refractivity contribution in [1.82, 2.24) is 4.57 Å². The number of carboxylic acids is 1. The molecular formula is C22H21Cl2NO3. The summed E-state index contributed by atoms with van der Waals surface area (Å²) in [4.78, 5) is 25.5. The van der Waals surface area contributed by atoms with Gasteiger partial charge < -0.3 is 9.67 Å². The number of hydrogen-bond donors (Lipinski definition) is 1. The van der Waals surface area contributed by atoms with E-state index in [0.29, 0.717) is 40.6 Å². The van der Waals surface area contributed by atoms with E-state index in [9.17, 15) is 14.7 Å². The van der Waals surface area contributed by atoms with Crippen molar-refractivity contribution in [2.24, 2.45) is 0 Å². The topological polar surface area (TPSA) is 59.3 Å². The minimum atomic E-state index is -1.00. The first-order chi connectivity index (χ1) is 13.4. The van der Waals surface area contributed by atoms with Crippen LogP contribution in [0.15, 0.2) is 47.3 Å². The fraction of sp³-hybridized carbons (Fsp3) is 0.273. The van der Waals surface area contributed by atoms with Crippen LogP contribution in [-0.2, 0) is 11.3 Å². The Morgan fingerprint density at radius 3 is 2.29 bits per heavy atom. The standard InChI is InChI=1S/C22H21Cl2NO3/c1-3-5-16(22(27)28)20-19(13-6-8-14(23)9-7-13)17-12-15(24)10-11-18(17)25(4-2)21(20)26/h6-12,16H,3-5H2,1-2H3,(H,27,28). The molecule has 0 amide bonds. The Bertz CT molecular complexity index is 1090. The molecule has 3 aromatic rings. The maximum absolute atomic E-state index is 13.4. The van der Waals surface area contributed by atoms with Gasteiger partial charge in [0, 0.05) is 33.1 Å². The van der Waals surface area contributed by atoms with Gasteiger partial charge in [-0.3, -0.25) is 9.59 Å². The molecule has 3 rings (SSSR count). The van der Waals surface area contributed by atoms with Crippen LogP contribution in [0.25, 0.3) is 22.0 Å². The van der Waals surface area contributed by atoms with E-state index < -0.39 is 11.9 Å². The number of pyridine rings is 1. The summed E-state index contributed by atoms with van der Waals surface area (Å²) in [5.74, 6) is -1.90. The number of nitrogens with zero attached hydrogens (tertiary/aromatic N) is 1. The number of hydrogen-bond acceptors (Lipinski definition) is 2. The molecule has 0 aliphatic carbocycles. The predicted octanol–water partition coefficient (Wildman–Crippen LogP) is 5.96. The van der Waals surface area contributed by atoms with Gasteiger partial charge in [-0.2, -0.15) is 0 Å². The van der Waals surface area contributed by atoms with Crippen molar-refractivity contribution in [3.8, 4) is 11.1 Å². The predicted molar refractivity (Wildman–Crippen MR) is 115 cm³/mol. The number of aliphatic carboxylic acids is 1. The monoisotopic (exact) mass is 417 g/mol. The molecule has 0 saturated heterocycles. The molecule has 1 atom stereocenters. The van der Waals surface area contributed by atoms with Gasteiger partial charge in [0.25, 0.3) is 5.56 Å². The number of carboxylic acid groups (broad SMARTS) is 1. The molecule has 1 N–H and O–H groups in total. The third-order valence-electron chi connectivity index (χ3n) is 4.94. The van der Waals surface area contributed by atoms with E-state index in [4.69, 9.17) is 23.2 Å². The molecule has 146 valence electrons. The molecule has 0 saturated carbocycles. The maximum Gasteiger partial charge on any atom is 0.311 e. The molecule has 1 aromatic heterocycles. The second-order valence-electron chi connectivity index (χ2n) is 6.69. The first-order valence-corrected chi connectivity index (χ1v) is 9.99. The molecule has 0 aliphatic heterocycles. The lowest BCUT2D eigenvalue weighted by Crippen LogP contribution is -2.29. The van der Waals surface area contributed by atoms with Crippen LogP contribution in [0.2, 0.25) is 10.0 Å². The lowest BCUT2D eigenvalue weighted by atomic mass is 9.86. The molecular weight excluding hydrogens is 397 g/mol. The molecule has 1 heterocycles. The number of aromatic nitrogens is 1. The third kappa shape index (κ3) is 3.67. The van der Waals surface area contributed by atoms with Crippen molar-refractivity contribution in [2.75, 3.05) is 0 Å². The minimum absolute atomic E-state index is 0.275. The van der Waals surface area contributed by atoms with Crippen LogP contribution in [0, 0.1) is 0 Å². The number of aryl methyl sites for hydroxylation is 1. The van der Waals surface area contributed by atoms with Gasteiger partial charge in [-0.25, -0.2) is 0 Å². The summed E-state index contributed by atoms with van der Waals surface area (Å²) in [6.07, 6.45) is 1.02. The molecule has 0 bridgehead atoms. The smallest absolute Gasteiger partial charge is 0.311 e. The maximum atomic E-state index is 13.4. The molecule has 6 heteroatoms. The van der Waals surface area contributed by atoms with E-state index in [1.54, 1.807) is 34.9 Å². The summed E-state index contributed by atoms with van der Waals surface area (Å²) >= 11 is 12.3. The Kier molecular flexibility index (Phi) is 6.11. The second-order valence-corrected chi connectivity index (χ2v) is 7.56. The van der Waals surface area contributed by atoms with E-state index in [1.807, 2.05) is 26.0 Å². The fourth-order valence-corrected chi connectivity index (χ4v) is 3.99. The van der Waals surface area contributed by atoms with Crippen molar-refractivity contribution >= 4 is 40.1 Å². The van der Waals surface area contributed by atoms with Crippen LogP contribution in [0.3, 0.4) is 0 Å². The van der Waals surface area contributed by atoms with Crippen molar-refractivity contribution in [1.29, 1.82) is 0 Å². The molecule has 0 aliphatic rings. The van der Waals surface area contributed by atoms with Gasteiger partial charge >= 0.3 is 5.97 Å². The highest BCUT2D eigenvalue weighted by molar-refractivity contribution is 6.31. The number of fused-ring (bicyclic) bond motifs is 1. The Morgan fingerprint density at radius 1 is 1.07 bits per heavy atom. The summed E-state index contributed by atoms with van der Waals surface area (Å²) < 4.78 is 1.62. The van der Waals surface area contributed by atoms with E-state index in [1.165, 1.54) is 0 Å². The van der Waals surface area contributed by atoms with Gasteiger partial charge in [0.05, 0.1) is 11.4 Å². The Labute approximate surface area is 173 Å². The van der Waals surface area contributed by atoms with Crippen LogP contribution >= 0.6 is 23.2 Å². The molecule has 0 radical (unpaired) electrons. The van der Waals surface area contributed by atoms with Gasteiger partial charge in [0.1, 0.15) is 0 Å². The van der Waals surface area contributed by atoms with E-state index >= 15 is 0 Å². The highest BCUT2D eigenvalue weighted by Crippen LogP contribution is 2.37. The zero-order valence-electron chi connectivity index (χ0n) is 15.7. The first-order valence-electron chi connectivity index (χ1n) is 9.23. The zero-order chi connectivity index (χ0) is 20.4. The van der Waals surface area contributed by atoms with Crippen molar-refractivity contribution < 1.29 is 9.90 Å². The van der Waals surface area contributed by atoms with Crippen LogP contribution in [0.4, 0.5) is 0 Å². The van der Waals surface area contributed by atoms with Gasteiger partial charge in [0.2, 0.25) is 0 Å². The molecule has 1 unspecified atom stereocenters. The molecule has 4 nitrogen and oxygen atoms in total. The van der Waals surface area contributed by atoms with Crippen LogP contribution in [0.1, 0.15) is 38.2 Å². The summed E-state index contributed by atoms with van der Waals surface area (Å²) in [5.41, 5.74) is 2.11. The van der Waals surface area contributed by atoms with Gasteiger partial charge in [0.15, 0.2) is 0 Å². The highest BCUT2D eigenvalue weighted by atomic mass is 35.5. The third-order valence-corrected chi connectivity index (χ3v) is 5.42. The largest absolute Gasteiger partial charge is 0.481 e. The van der Waals surface area contributed by atoms with Crippen molar-refractivity contribution in [3.05, 3.63) is 68.4 Å². The fourth-order valence-electron chi connectivity index (χ4n) is 3.70. The number of halogens is 2. The minimum Gasteiger partial charge on any atom is -0.481 e. The average Bonchev–Trinajstić information content (AvgIpc) is 2.66. The van der Waals surface area contributed by atoms with Gasteiger partial charge in [-0.15, -0.1) is 0 Å². The number of rotatable bonds is 6. The second kappa shape index (κ2) is 8.38. The van der Waals surface area contributed by atoms with Gasteiger partial charge in [-0.1, -0.05) is 48.7 Å². The highest BCUT2D eigenvalue weighted by Gasteiger charge is 2.29.